The molecule has 2 aromatic heterocycles. The van der Waals surface area contributed by atoms with E-state index < -0.39 is 54.3 Å². The maximum absolute atomic E-state index is 12.7. The normalized spacial score (nSPS) is 30.8. The molecule has 202 valence electrons. The maximum atomic E-state index is 12.7. The highest BCUT2D eigenvalue weighted by Gasteiger charge is 2.79. The third-order valence-corrected chi connectivity index (χ3v) is 7.62. The number of aliphatic hydroxyl groups is 2. The Kier molecular flexibility index (Phi) is 6.73. The lowest BCUT2D eigenvalue weighted by molar-refractivity contribution is -0.155. The van der Waals surface area contributed by atoms with Gasteiger partial charge in [-0.25, -0.2) is 14.3 Å². The summed E-state index contributed by atoms with van der Waals surface area (Å²) < 4.78 is 23.4. The largest absolute Gasteiger partial charge is 0.509 e. The van der Waals surface area contributed by atoms with Gasteiger partial charge in [0.15, 0.2) is 17.5 Å². The second kappa shape index (κ2) is 9.71. The minimum Gasteiger partial charge on any atom is -0.464 e. The van der Waals surface area contributed by atoms with Crippen molar-refractivity contribution < 1.29 is 38.7 Å². The average Bonchev–Trinajstić information content (AvgIpc) is 3.33. The van der Waals surface area contributed by atoms with Crippen LogP contribution in [0.15, 0.2) is 18.5 Å². The number of aliphatic hydroxyl groups excluding tert-OH is 1. The predicted octanol–water partition coefficient (Wildman–Crippen LogP) is 0.431. The molecule has 13 heteroatoms. The number of nitrogens with zero attached hydrogens (tertiary/aromatic N) is 4. The number of carbonyl (C=O) groups is 2. The minimum absolute atomic E-state index is 0.258. The fourth-order valence-electron chi connectivity index (χ4n) is 5.53. The number of nitrogen functional groups attached to an aromatic ring is 1. The van der Waals surface area contributed by atoms with E-state index >= 15 is 0 Å². The smallest absolute Gasteiger partial charge is 0.464 e. The standard InChI is InChI=1S/C24H33N5O8/c1-12(16(28(2)3)22(31)34-10-13-6-4-5-7-13)35-23(32)37-20-19-24(20,33)18(30)17(36-19)14-8-9-15-21(25)26-11-27-29(14)15/h8-9,11-13,16-20,30,33H,4-7,10H2,1-3H3,(H2,25,26,27)/t12-,16+,17+,18+,19-,20?,24+/m1/s1. The lowest BCUT2D eigenvalue weighted by atomic mass is 10.1. The van der Waals surface area contributed by atoms with Crippen LogP contribution in [0.5, 0.6) is 0 Å². The van der Waals surface area contributed by atoms with Gasteiger partial charge in [-0.1, -0.05) is 12.8 Å². The molecule has 5 rings (SSSR count). The van der Waals surface area contributed by atoms with Crippen molar-refractivity contribution in [2.75, 3.05) is 26.4 Å². The zero-order chi connectivity index (χ0) is 26.5. The molecule has 0 aromatic carbocycles. The molecule has 0 bridgehead atoms. The number of nitrogens with two attached hydrogens (primary N) is 1. The van der Waals surface area contributed by atoms with Crippen molar-refractivity contribution in [1.29, 1.82) is 0 Å². The summed E-state index contributed by atoms with van der Waals surface area (Å²) in [6, 6.07) is 2.52. The Balaban J connectivity index is 1.17. The van der Waals surface area contributed by atoms with Gasteiger partial charge in [0, 0.05) is 0 Å². The number of aromatic nitrogens is 3. The number of carbonyl (C=O) groups excluding carboxylic acids is 2. The molecule has 2 aromatic rings. The Morgan fingerprint density at radius 2 is 2.05 bits per heavy atom. The zero-order valence-electron chi connectivity index (χ0n) is 21.0. The molecule has 1 aliphatic heterocycles. The van der Waals surface area contributed by atoms with Crippen molar-refractivity contribution in [2.45, 2.75) is 74.8 Å². The van der Waals surface area contributed by atoms with Gasteiger partial charge in [0.2, 0.25) is 0 Å². The van der Waals surface area contributed by atoms with Crippen LogP contribution in [0, 0.1) is 5.92 Å². The Morgan fingerprint density at radius 1 is 1.32 bits per heavy atom. The molecule has 3 fully saturated rings. The molecule has 4 N–H and O–H groups in total. The van der Waals surface area contributed by atoms with E-state index in [1.807, 2.05) is 0 Å². The monoisotopic (exact) mass is 519 g/mol. The van der Waals surface area contributed by atoms with Crippen molar-refractivity contribution in [3.63, 3.8) is 0 Å². The first-order valence-corrected chi connectivity index (χ1v) is 12.5. The van der Waals surface area contributed by atoms with Gasteiger partial charge < -0.3 is 34.9 Å². The second-order valence-corrected chi connectivity index (χ2v) is 10.3. The van der Waals surface area contributed by atoms with Crippen molar-refractivity contribution in [1.82, 2.24) is 19.5 Å². The molecule has 37 heavy (non-hydrogen) atoms. The van der Waals surface area contributed by atoms with Crippen LogP contribution in [-0.2, 0) is 23.7 Å². The quantitative estimate of drug-likeness (QED) is 0.412. The number of anilines is 1. The van der Waals surface area contributed by atoms with Crippen molar-refractivity contribution >= 4 is 23.5 Å². The van der Waals surface area contributed by atoms with E-state index in [9.17, 15) is 19.8 Å². The first kappa shape index (κ1) is 25.6. The molecule has 0 spiro atoms. The summed E-state index contributed by atoms with van der Waals surface area (Å²) in [5, 5.41) is 26.0. The van der Waals surface area contributed by atoms with Crippen LogP contribution in [0.4, 0.5) is 10.6 Å². The fourth-order valence-corrected chi connectivity index (χ4v) is 5.53. The molecule has 3 heterocycles. The van der Waals surface area contributed by atoms with Crippen molar-refractivity contribution in [2.24, 2.45) is 5.92 Å². The van der Waals surface area contributed by atoms with Gasteiger partial charge in [0.25, 0.3) is 0 Å². The lowest BCUT2D eigenvalue weighted by Gasteiger charge is -2.28. The molecule has 1 saturated heterocycles. The van der Waals surface area contributed by atoms with Crippen LogP contribution in [-0.4, -0.2) is 98.6 Å². The molecule has 0 radical (unpaired) electrons. The van der Waals surface area contributed by atoms with Crippen molar-refractivity contribution in [3.8, 4) is 0 Å². The predicted molar refractivity (Wildman–Crippen MR) is 127 cm³/mol. The summed E-state index contributed by atoms with van der Waals surface area (Å²) in [4.78, 5) is 30.8. The summed E-state index contributed by atoms with van der Waals surface area (Å²) >= 11 is 0. The number of likely N-dealkylation sites (N-methyl/N-ethyl adjacent to an activating group) is 1. The molecular weight excluding hydrogens is 486 g/mol. The second-order valence-electron chi connectivity index (χ2n) is 10.3. The zero-order valence-corrected chi connectivity index (χ0v) is 21.0. The van der Waals surface area contributed by atoms with Crippen LogP contribution < -0.4 is 5.73 Å². The molecule has 1 unspecified atom stereocenters. The number of ether oxygens (including phenoxy) is 4. The highest BCUT2D eigenvalue weighted by atomic mass is 16.8. The van der Waals surface area contributed by atoms with E-state index in [-0.39, 0.29) is 5.82 Å². The van der Waals surface area contributed by atoms with Crippen LogP contribution in [0.2, 0.25) is 0 Å². The summed E-state index contributed by atoms with van der Waals surface area (Å²) in [6.07, 6.45) is -0.736. The highest BCUT2D eigenvalue weighted by molar-refractivity contribution is 5.77. The minimum atomic E-state index is -1.81. The first-order chi connectivity index (χ1) is 17.6. The number of rotatable bonds is 8. The third kappa shape index (κ3) is 4.49. The summed E-state index contributed by atoms with van der Waals surface area (Å²) in [5.74, 6) is 0.145. The number of hydrogen-bond acceptors (Lipinski definition) is 12. The Morgan fingerprint density at radius 3 is 2.70 bits per heavy atom. The number of fused-ring (bicyclic) bond motifs is 2. The van der Waals surface area contributed by atoms with Crippen LogP contribution in [0.1, 0.15) is 44.4 Å². The number of hydrogen-bond donors (Lipinski definition) is 3. The van der Waals surface area contributed by atoms with Crippen LogP contribution >= 0.6 is 0 Å². The lowest BCUT2D eigenvalue weighted by Crippen LogP contribution is -2.47. The van der Waals surface area contributed by atoms with Gasteiger partial charge >= 0.3 is 12.1 Å². The van der Waals surface area contributed by atoms with Crippen molar-refractivity contribution in [3.05, 3.63) is 24.2 Å². The van der Waals surface area contributed by atoms with Gasteiger partial charge in [-0.2, -0.15) is 5.10 Å². The Labute approximate surface area is 213 Å². The molecule has 3 aliphatic rings. The summed E-state index contributed by atoms with van der Waals surface area (Å²) in [7, 11) is 3.38. The van der Waals surface area contributed by atoms with E-state index in [4.69, 9.17) is 24.7 Å². The Bertz CT molecular complexity index is 1170. The fraction of sp³-hybridized carbons (Fsp3) is 0.667. The molecule has 2 saturated carbocycles. The topological polar surface area (TPSA) is 171 Å². The van der Waals surface area contributed by atoms with E-state index in [0.717, 1.165) is 25.7 Å². The van der Waals surface area contributed by atoms with Gasteiger partial charge in [0.1, 0.15) is 42.3 Å². The van der Waals surface area contributed by atoms with Gasteiger partial charge in [-0.3, -0.25) is 9.69 Å². The highest BCUT2D eigenvalue weighted by Crippen LogP contribution is 2.56. The summed E-state index contributed by atoms with van der Waals surface area (Å²) in [5.41, 5.74) is 5.05. The number of esters is 1. The van der Waals surface area contributed by atoms with E-state index in [2.05, 4.69) is 10.1 Å². The third-order valence-electron chi connectivity index (χ3n) is 7.62. The molecule has 0 amide bonds. The molecule has 2 aliphatic carbocycles. The molecule has 13 nitrogen and oxygen atoms in total. The SMILES string of the molecule is C[C@@H](OC(=O)OC1[C@H]2O[C@@H](c3ccc4c(N)ncnn34)[C@H](O)[C@@]12O)[C@@H](C(=O)OCC1CCCC1)N(C)C. The summed E-state index contributed by atoms with van der Waals surface area (Å²) in [6.45, 7) is 1.92. The molecule has 7 atom stereocenters. The van der Waals surface area contributed by atoms with Crippen LogP contribution in [0.3, 0.4) is 0 Å². The van der Waals surface area contributed by atoms with E-state index in [0.29, 0.717) is 23.7 Å². The van der Waals surface area contributed by atoms with Gasteiger partial charge in [0.05, 0.1) is 12.3 Å². The molecular formula is C24H33N5O8. The van der Waals surface area contributed by atoms with Gasteiger partial charge in [-0.15, -0.1) is 0 Å². The maximum Gasteiger partial charge on any atom is 0.509 e. The van der Waals surface area contributed by atoms with Crippen LogP contribution in [0.25, 0.3) is 5.52 Å². The first-order valence-electron chi connectivity index (χ1n) is 12.5. The van der Waals surface area contributed by atoms with E-state index in [1.165, 1.54) is 10.8 Å². The van der Waals surface area contributed by atoms with Gasteiger partial charge in [-0.05, 0) is 51.9 Å². The van der Waals surface area contributed by atoms with E-state index in [1.54, 1.807) is 38.1 Å². The average molecular weight is 520 g/mol. The Hall–Kier alpha value is -3.00.